The minimum atomic E-state index is 0.332. The largest absolute Gasteiger partial charge is 0.355 e. The summed E-state index contributed by atoms with van der Waals surface area (Å²) < 4.78 is 0. The molecule has 2 aliphatic carbocycles. The molecule has 2 aliphatic rings. The van der Waals surface area contributed by atoms with Crippen molar-refractivity contribution in [2.45, 2.75) is 46.1 Å². The minimum absolute atomic E-state index is 0.332. The summed E-state index contributed by atoms with van der Waals surface area (Å²) in [4.78, 5) is 10.5. The van der Waals surface area contributed by atoms with Crippen LogP contribution in [0.3, 0.4) is 0 Å². The van der Waals surface area contributed by atoms with Crippen LogP contribution in [0, 0.1) is 16.7 Å². The van der Waals surface area contributed by atoms with Gasteiger partial charge in [-0.1, -0.05) is 20.8 Å². The van der Waals surface area contributed by atoms with Crippen molar-refractivity contribution in [1.82, 2.24) is 5.32 Å². The first-order valence-electron chi connectivity index (χ1n) is 5.22. The van der Waals surface area contributed by atoms with Crippen molar-refractivity contribution in [3.05, 3.63) is 0 Å². The molecule has 0 radical (unpaired) electrons. The van der Waals surface area contributed by atoms with Crippen molar-refractivity contribution in [2.24, 2.45) is 16.7 Å². The molecule has 2 bridgehead atoms. The summed E-state index contributed by atoms with van der Waals surface area (Å²) in [6.07, 6.45) is 4.67. The highest BCUT2D eigenvalue weighted by Gasteiger charge is 2.61. The molecule has 13 heavy (non-hydrogen) atoms. The Labute approximate surface area is 80.1 Å². The first-order chi connectivity index (χ1) is 6.02. The topological polar surface area (TPSA) is 29.1 Å². The molecular formula is C11H19NO. The van der Waals surface area contributed by atoms with E-state index < -0.39 is 0 Å². The summed E-state index contributed by atoms with van der Waals surface area (Å²) in [7, 11) is 0. The van der Waals surface area contributed by atoms with Crippen LogP contribution in [-0.2, 0) is 4.79 Å². The monoisotopic (exact) mass is 181 g/mol. The number of amides is 1. The Balaban J connectivity index is 2.27. The Bertz CT molecular complexity index is 236. The summed E-state index contributed by atoms with van der Waals surface area (Å²) >= 11 is 0. The molecule has 0 aliphatic heterocycles. The van der Waals surface area contributed by atoms with Gasteiger partial charge >= 0.3 is 0 Å². The van der Waals surface area contributed by atoms with E-state index in [1.54, 1.807) is 0 Å². The average Bonchev–Trinajstić information content (AvgIpc) is 2.37. The van der Waals surface area contributed by atoms with Gasteiger partial charge in [-0.2, -0.15) is 0 Å². The molecule has 2 saturated carbocycles. The van der Waals surface area contributed by atoms with Crippen LogP contribution in [-0.4, -0.2) is 12.5 Å². The quantitative estimate of drug-likeness (QED) is 0.648. The second-order valence-corrected chi connectivity index (χ2v) is 5.45. The molecule has 1 N–H and O–H groups in total. The Morgan fingerprint density at radius 1 is 1.38 bits per heavy atom. The highest BCUT2D eigenvalue weighted by molar-refractivity contribution is 5.47. The van der Waals surface area contributed by atoms with E-state index in [1.807, 2.05) is 0 Å². The first-order valence-corrected chi connectivity index (χ1v) is 5.22. The van der Waals surface area contributed by atoms with Crippen LogP contribution in [0.2, 0.25) is 0 Å². The van der Waals surface area contributed by atoms with Gasteiger partial charge in [-0.25, -0.2) is 0 Å². The summed E-state index contributed by atoms with van der Waals surface area (Å²) in [6, 6.07) is 0.416. The van der Waals surface area contributed by atoms with E-state index in [2.05, 4.69) is 26.1 Å². The van der Waals surface area contributed by atoms with Gasteiger partial charge in [0.25, 0.3) is 0 Å². The lowest BCUT2D eigenvalue weighted by molar-refractivity contribution is -0.111. The van der Waals surface area contributed by atoms with Gasteiger partial charge in [-0.15, -0.1) is 0 Å². The fourth-order valence-corrected chi connectivity index (χ4v) is 3.54. The van der Waals surface area contributed by atoms with Crippen molar-refractivity contribution in [3.8, 4) is 0 Å². The van der Waals surface area contributed by atoms with Gasteiger partial charge in [0.05, 0.1) is 0 Å². The zero-order valence-electron chi connectivity index (χ0n) is 8.76. The maximum atomic E-state index is 10.5. The highest BCUT2D eigenvalue weighted by atomic mass is 16.1. The van der Waals surface area contributed by atoms with E-state index in [0.29, 0.717) is 16.9 Å². The van der Waals surface area contributed by atoms with Crippen LogP contribution in [0.25, 0.3) is 0 Å². The predicted molar refractivity (Wildman–Crippen MR) is 52.2 cm³/mol. The number of carbonyl (C=O) groups is 1. The molecule has 0 heterocycles. The summed E-state index contributed by atoms with van der Waals surface area (Å²) in [5.41, 5.74) is 0.742. The maximum Gasteiger partial charge on any atom is 0.207 e. The Morgan fingerprint density at radius 2 is 2.08 bits per heavy atom. The Kier molecular flexibility index (Phi) is 1.73. The van der Waals surface area contributed by atoms with Crippen LogP contribution in [0.5, 0.6) is 0 Å². The molecule has 0 unspecified atom stereocenters. The van der Waals surface area contributed by atoms with Gasteiger partial charge < -0.3 is 5.32 Å². The van der Waals surface area contributed by atoms with E-state index in [0.717, 1.165) is 12.3 Å². The molecule has 2 rings (SSSR count). The number of carbonyl (C=O) groups excluding carboxylic acids is 1. The maximum absolute atomic E-state index is 10.5. The molecule has 0 aromatic carbocycles. The third-order valence-corrected chi connectivity index (χ3v) is 5.06. The van der Waals surface area contributed by atoms with Gasteiger partial charge in [-0.05, 0) is 36.0 Å². The summed E-state index contributed by atoms with van der Waals surface area (Å²) in [5.74, 6) is 0.815. The van der Waals surface area contributed by atoms with Crippen LogP contribution < -0.4 is 5.32 Å². The fraction of sp³-hybridized carbons (Fsp3) is 0.909. The van der Waals surface area contributed by atoms with Crippen LogP contribution in [0.15, 0.2) is 0 Å². The minimum Gasteiger partial charge on any atom is -0.355 e. The van der Waals surface area contributed by atoms with Crippen molar-refractivity contribution < 1.29 is 4.79 Å². The fourth-order valence-electron chi connectivity index (χ4n) is 3.54. The molecule has 0 saturated heterocycles. The zero-order chi connectivity index (χ0) is 9.69. The highest BCUT2D eigenvalue weighted by Crippen LogP contribution is 2.65. The first kappa shape index (κ1) is 9.04. The molecule has 3 atom stereocenters. The van der Waals surface area contributed by atoms with Crippen LogP contribution in [0.4, 0.5) is 0 Å². The number of hydrogen-bond donors (Lipinski definition) is 1. The van der Waals surface area contributed by atoms with Crippen molar-refractivity contribution >= 4 is 6.41 Å². The number of rotatable bonds is 2. The molecule has 1 amide bonds. The van der Waals surface area contributed by atoms with Gasteiger partial charge in [0.2, 0.25) is 6.41 Å². The molecule has 2 nitrogen and oxygen atoms in total. The van der Waals surface area contributed by atoms with E-state index in [4.69, 9.17) is 0 Å². The number of hydrogen-bond acceptors (Lipinski definition) is 1. The molecule has 74 valence electrons. The molecular weight excluding hydrogens is 162 g/mol. The molecule has 0 aromatic rings. The molecule has 0 aromatic heterocycles. The average molecular weight is 181 g/mol. The molecule has 2 fully saturated rings. The summed E-state index contributed by atoms with van der Waals surface area (Å²) in [5, 5.41) is 2.99. The van der Waals surface area contributed by atoms with Gasteiger partial charge in [-0.3, -0.25) is 4.79 Å². The Morgan fingerprint density at radius 3 is 2.46 bits per heavy atom. The molecule has 2 heteroatoms. The van der Waals surface area contributed by atoms with E-state index >= 15 is 0 Å². The molecule has 0 spiro atoms. The van der Waals surface area contributed by atoms with Crippen molar-refractivity contribution in [3.63, 3.8) is 0 Å². The van der Waals surface area contributed by atoms with Crippen molar-refractivity contribution in [1.29, 1.82) is 0 Å². The van der Waals surface area contributed by atoms with Gasteiger partial charge in [0.1, 0.15) is 0 Å². The standard InChI is InChI=1S/C11H19NO/c1-10(2)8-4-5-11(10,3)9(6-8)12-7-13/h7-9H,4-6H2,1-3H3,(H,12,13)/t8-,9+,11+/m0/s1. The lowest BCUT2D eigenvalue weighted by atomic mass is 9.69. The lowest BCUT2D eigenvalue weighted by Crippen LogP contribution is -2.43. The van der Waals surface area contributed by atoms with Crippen molar-refractivity contribution in [2.75, 3.05) is 0 Å². The van der Waals surface area contributed by atoms with Gasteiger partial charge in [0.15, 0.2) is 0 Å². The third kappa shape index (κ3) is 0.918. The SMILES string of the molecule is CC1(C)[C@H]2CC[C@]1(C)[C@H](NC=O)C2. The predicted octanol–water partition coefficient (Wildman–Crippen LogP) is 1.95. The van der Waals surface area contributed by atoms with E-state index in [9.17, 15) is 4.79 Å². The zero-order valence-corrected chi connectivity index (χ0v) is 8.76. The third-order valence-electron chi connectivity index (χ3n) is 5.06. The van der Waals surface area contributed by atoms with E-state index in [-0.39, 0.29) is 0 Å². The van der Waals surface area contributed by atoms with Gasteiger partial charge in [0, 0.05) is 6.04 Å². The Hall–Kier alpha value is -0.530. The second kappa shape index (κ2) is 2.49. The second-order valence-electron chi connectivity index (χ2n) is 5.45. The lowest BCUT2D eigenvalue weighted by Gasteiger charge is -2.38. The smallest absolute Gasteiger partial charge is 0.207 e. The normalized spacial score (nSPS) is 46.4. The van der Waals surface area contributed by atoms with E-state index in [1.165, 1.54) is 19.3 Å². The van der Waals surface area contributed by atoms with Crippen LogP contribution in [0.1, 0.15) is 40.0 Å². The van der Waals surface area contributed by atoms with Crippen LogP contribution >= 0.6 is 0 Å². The number of fused-ring (bicyclic) bond motifs is 2. The summed E-state index contributed by atoms with van der Waals surface area (Å²) in [6.45, 7) is 7.05. The number of nitrogens with one attached hydrogen (secondary N) is 1.